The Morgan fingerprint density at radius 2 is 1.76 bits per heavy atom. The number of carbonyl (C=O) groups excluding carboxylic acids is 2. The molecule has 0 fully saturated rings. The zero-order valence-corrected chi connectivity index (χ0v) is 15.4. The second kappa shape index (κ2) is 8.29. The molecule has 0 aliphatic carbocycles. The maximum atomic E-state index is 12.6. The van der Waals surface area contributed by atoms with Gasteiger partial charge in [-0.15, -0.1) is 22.7 Å². The van der Waals surface area contributed by atoms with E-state index in [1.807, 2.05) is 17.5 Å². The lowest BCUT2D eigenvalue weighted by atomic mass is 10.1. The summed E-state index contributed by atoms with van der Waals surface area (Å²) in [5.74, 6) is -0.901. The number of nitrogens with one attached hydrogen (secondary N) is 1. The summed E-state index contributed by atoms with van der Waals surface area (Å²) in [4.78, 5) is 26.4. The molecule has 0 radical (unpaired) electrons. The number of halogens is 1. The first kappa shape index (κ1) is 17.7. The van der Waals surface area contributed by atoms with Crippen molar-refractivity contribution in [1.29, 1.82) is 0 Å². The van der Waals surface area contributed by atoms with Gasteiger partial charge in [-0.25, -0.2) is 4.79 Å². The summed E-state index contributed by atoms with van der Waals surface area (Å²) in [6, 6.07) is 14.0. The van der Waals surface area contributed by atoms with Gasteiger partial charge in [0.25, 0.3) is 5.91 Å². The summed E-state index contributed by atoms with van der Waals surface area (Å²) in [7, 11) is 0. The molecule has 1 atom stereocenters. The molecule has 1 amide bonds. The van der Waals surface area contributed by atoms with Crippen LogP contribution in [0.1, 0.15) is 26.2 Å². The standard InChI is InChI=1S/C18H14ClNO3S2/c19-13-7-5-12(6-8-13)16(23-18(22)15-4-2-10-25-15)17(21)20-11-14-3-1-9-24-14/h1-10,16H,11H2,(H,20,21). The Morgan fingerprint density at radius 1 is 1.04 bits per heavy atom. The van der Waals surface area contributed by atoms with Crippen molar-refractivity contribution in [3.63, 3.8) is 0 Å². The van der Waals surface area contributed by atoms with E-state index in [-0.39, 0.29) is 5.91 Å². The van der Waals surface area contributed by atoms with E-state index in [0.29, 0.717) is 22.0 Å². The Bertz CT molecular complexity index is 830. The molecule has 3 aromatic rings. The molecule has 0 saturated heterocycles. The second-order valence-electron chi connectivity index (χ2n) is 5.11. The van der Waals surface area contributed by atoms with Gasteiger partial charge in [0.2, 0.25) is 6.10 Å². The lowest BCUT2D eigenvalue weighted by Crippen LogP contribution is -2.31. The van der Waals surface area contributed by atoms with Gasteiger partial charge in [0.05, 0.1) is 6.54 Å². The molecule has 1 N–H and O–H groups in total. The average Bonchev–Trinajstić information content (AvgIpc) is 3.31. The van der Waals surface area contributed by atoms with Crippen LogP contribution in [0.5, 0.6) is 0 Å². The molecule has 1 aromatic carbocycles. The van der Waals surface area contributed by atoms with E-state index >= 15 is 0 Å². The van der Waals surface area contributed by atoms with Crippen LogP contribution in [0.15, 0.2) is 59.3 Å². The minimum atomic E-state index is -1.04. The van der Waals surface area contributed by atoms with Crippen molar-refractivity contribution in [1.82, 2.24) is 5.32 Å². The first-order valence-corrected chi connectivity index (χ1v) is 9.57. The summed E-state index contributed by atoms with van der Waals surface area (Å²) in [6.07, 6.45) is -1.04. The van der Waals surface area contributed by atoms with Gasteiger partial charge in [0.1, 0.15) is 4.88 Å². The lowest BCUT2D eigenvalue weighted by molar-refractivity contribution is -0.130. The largest absolute Gasteiger partial charge is 0.443 e. The van der Waals surface area contributed by atoms with Crippen LogP contribution in [-0.2, 0) is 16.1 Å². The molecule has 1 unspecified atom stereocenters. The topological polar surface area (TPSA) is 55.4 Å². The van der Waals surface area contributed by atoms with Crippen LogP contribution in [0, 0.1) is 0 Å². The summed E-state index contributed by atoms with van der Waals surface area (Å²) in [5, 5.41) is 7.08. The average molecular weight is 392 g/mol. The number of hydrogen-bond acceptors (Lipinski definition) is 5. The number of benzene rings is 1. The number of hydrogen-bond donors (Lipinski definition) is 1. The third kappa shape index (κ3) is 4.69. The van der Waals surface area contributed by atoms with Gasteiger partial charge < -0.3 is 10.1 Å². The Balaban J connectivity index is 1.76. The highest BCUT2D eigenvalue weighted by Gasteiger charge is 2.26. The summed E-state index contributed by atoms with van der Waals surface area (Å²) in [6.45, 7) is 0.386. The Labute approximate surface area is 158 Å². The van der Waals surface area contributed by atoms with E-state index in [1.165, 1.54) is 11.3 Å². The van der Waals surface area contributed by atoms with Crippen LogP contribution < -0.4 is 5.32 Å². The lowest BCUT2D eigenvalue weighted by Gasteiger charge is -2.17. The molecule has 0 aliphatic rings. The third-order valence-corrected chi connectivity index (χ3v) is 5.35. The SMILES string of the molecule is O=C(OC(C(=O)NCc1cccs1)c1ccc(Cl)cc1)c1cccs1. The van der Waals surface area contributed by atoms with E-state index < -0.39 is 12.1 Å². The highest BCUT2D eigenvalue weighted by molar-refractivity contribution is 7.12. The normalized spacial score (nSPS) is 11.7. The van der Waals surface area contributed by atoms with Gasteiger partial charge in [-0.3, -0.25) is 4.79 Å². The zero-order chi connectivity index (χ0) is 17.6. The summed E-state index contributed by atoms with van der Waals surface area (Å²) in [5.41, 5.74) is 0.568. The number of esters is 1. The molecule has 25 heavy (non-hydrogen) atoms. The Kier molecular flexibility index (Phi) is 5.86. The Morgan fingerprint density at radius 3 is 2.40 bits per heavy atom. The van der Waals surface area contributed by atoms with E-state index in [9.17, 15) is 9.59 Å². The first-order valence-electron chi connectivity index (χ1n) is 7.43. The van der Waals surface area contributed by atoms with Gasteiger partial charge in [-0.2, -0.15) is 0 Å². The van der Waals surface area contributed by atoms with Gasteiger partial charge in [0, 0.05) is 15.5 Å². The summed E-state index contributed by atoms with van der Waals surface area (Å²) >= 11 is 8.72. The van der Waals surface area contributed by atoms with Gasteiger partial charge in [-0.05, 0) is 35.0 Å². The van der Waals surface area contributed by atoms with Crippen molar-refractivity contribution in [3.05, 3.63) is 79.6 Å². The highest BCUT2D eigenvalue weighted by atomic mass is 35.5. The maximum Gasteiger partial charge on any atom is 0.349 e. The monoisotopic (exact) mass is 391 g/mol. The van der Waals surface area contributed by atoms with E-state index in [2.05, 4.69) is 5.32 Å². The number of ether oxygens (including phenoxy) is 1. The molecule has 0 bridgehead atoms. The number of rotatable bonds is 6. The fourth-order valence-corrected chi connectivity index (χ4v) is 3.53. The Hall–Kier alpha value is -2.15. The van der Waals surface area contributed by atoms with Gasteiger partial charge in [0.15, 0.2) is 0 Å². The van der Waals surface area contributed by atoms with E-state index in [0.717, 1.165) is 4.88 Å². The minimum absolute atomic E-state index is 0.374. The molecular formula is C18H14ClNO3S2. The second-order valence-corrected chi connectivity index (χ2v) is 7.53. The number of thiophene rings is 2. The molecule has 2 heterocycles. The van der Waals surface area contributed by atoms with Crippen molar-refractivity contribution in [3.8, 4) is 0 Å². The van der Waals surface area contributed by atoms with Crippen molar-refractivity contribution in [2.45, 2.75) is 12.6 Å². The zero-order valence-electron chi connectivity index (χ0n) is 13.0. The summed E-state index contributed by atoms with van der Waals surface area (Å²) < 4.78 is 5.47. The smallest absolute Gasteiger partial charge is 0.349 e. The van der Waals surface area contributed by atoms with Crippen molar-refractivity contribution in [2.75, 3.05) is 0 Å². The van der Waals surface area contributed by atoms with Crippen LogP contribution in [0.2, 0.25) is 5.02 Å². The molecule has 0 saturated carbocycles. The number of amides is 1. The third-order valence-electron chi connectivity index (χ3n) is 3.38. The fraction of sp³-hybridized carbons (Fsp3) is 0.111. The molecule has 7 heteroatoms. The fourth-order valence-electron chi connectivity index (χ4n) is 2.15. The number of carbonyl (C=O) groups is 2. The van der Waals surface area contributed by atoms with E-state index in [4.69, 9.17) is 16.3 Å². The molecule has 2 aromatic heterocycles. The van der Waals surface area contributed by atoms with E-state index in [1.54, 1.807) is 53.1 Å². The first-order chi connectivity index (χ1) is 12.1. The quantitative estimate of drug-likeness (QED) is 0.621. The van der Waals surface area contributed by atoms with Crippen molar-refractivity contribution < 1.29 is 14.3 Å². The minimum Gasteiger partial charge on any atom is -0.443 e. The predicted octanol–water partition coefficient (Wildman–Crippen LogP) is 4.68. The van der Waals surface area contributed by atoms with Crippen LogP contribution in [0.4, 0.5) is 0 Å². The van der Waals surface area contributed by atoms with Crippen LogP contribution in [0.3, 0.4) is 0 Å². The molecule has 0 spiro atoms. The molecule has 128 valence electrons. The predicted molar refractivity (Wildman–Crippen MR) is 100 cm³/mol. The maximum absolute atomic E-state index is 12.6. The molecule has 4 nitrogen and oxygen atoms in total. The molecule has 0 aliphatic heterocycles. The molecular weight excluding hydrogens is 378 g/mol. The van der Waals surface area contributed by atoms with Crippen molar-refractivity contribution in [2.24, 2.45) is 0 Å². The van der Waals surface area contributed by atoms with Crippen LogP contribution in [-0.4, -0.2) is 11.9 Å². The van der Waals surface area contributed by atoms with Gasteiger partial charge in [-0.1, -0.05) is 35.9 Å². The molecule has 3 rings (SSSR count). The van der Waals surface area contributed by atoms with Crippen LogP contribution >= 0.6 is 34.3 Å². The van der Waals surface area contributed by atoms with Crippen molar-refractivity contribution >= 4 is 46.2 Å². The van der Waals surface area contributed by atoms with Crippen LogP contribution in [0.25, 0.3) is 0 Å². The van der Waals surface area contributed by atoms with Gasteiger partial charge >= 0.3 is 5.97 Å². The highest BCUT2D eigenvalue weighted by Crippen LogP contribution is 2.23.